The molecule has 158 valence electrons. The van der Waals surface area contributed by atoms with E-state index in [1.165, 1.54) is 42.5 Å². The van der Waals surface area contributed by atoms with Gasteiger partial charge in [-0.15, -0.1) is 0 Å². The minimum absolute atomic E-state index is 0.126. The molecule has 0 aliphatic rings. The van der Waals surface area contributed by atoms with E-state index in [9.17, 15) is 23.6 Å². The number of carbonyl (C=O) groups excluding carboxylic acids is 2. The molecule has 0 saturated carbocycles. The molecule has 31 heavy (non-hydrogen) atoms. The van der Waals surface area contributed by atoms with Crippen LogP contribution in [-0.4, -0.2) is 24.3 Å². The van der Waals surface area contributed by atoms with Crippen LogP contribution < -0.4 is 11.2 Å². The second-order valence-corrected chi connectivity index (χ2v) is 6.50. The van der Waals surface area contributed by atoms with E-state index in [-0.39, 0.29) is 18.5 Å². The van der Waals surface area contributed by atoms with Crippen molar-refractivity contribution in [1.82, 2.24) is 5.43 Å². The van der Waals surface area contributed by atoms with Crippen molar-refractivity contribution < 1.29 is 23.1 Å². The zero-order chi connectivity index (χ0) is 23.0. The molecule has 0 heterocycles. The van der Waals surface area contributed by atoms with E-state index in [1.54, 1.807) is 13.0 Å². The molecule has 10 heteroatoms. The molecule has 0 aromatic heterocycles. The monoisotopic (exact) mass is 425 g/mol. The number of carbonyl (C=O) groups is 2. The van der Waals surface area contributed by atoms with E-state index < -0.39 is 34.8 Å². The Balaban J connectivity index is 2.11. The number of nitrogens with zero attached hydrogens (tertiary/aromatic N) is 3. The number of nitriles is 2. The summed E-state index contributed by atoms with van der Waals surface area (Å²) in [5.41, 5.74) is 6.26. The molecule has 1 amide bonds. The van der Waals surface area contributed by atoms with E-state index in [2.05, 4.69) is 27.1 Å². The van der Waals surface area contributed by atoms with Gasteiger partial charge >= 0.3 is 12.1 Å². The van der Waals surface area contributed by atoms with E-state index >= 15 is 0 Å². The summed E-state index contributed by atoms with van der Waals surface area (Å²) in [5.74, 6) is -2.37. The highest BCUT2D eigenvalue weighted by Crippen LogP contribution is 2.33. The third-order valence-corrected chi connectivity index (χ3v) is 4.43. The lowest BCUT2D eigenvalue weighted by Crippen LogP contribution is -2.26. The first-order valence-corrected chi connectivity index (χ1v) is 8.89. The van der Waals surface area contributed by atoms with Crippen LogP contribution in [0.3, 0.4) is 0 Å². The molecule has 2 aromatic rings. The van der Waals surface area contributed by atoms with Crippen LogP contribution in [0, 0.1) is 34.3 Å². The number of amides is 1. The third kappa shape index (κ3) is 5.61. The molecular weight excluding hydrogens is 408 g/mol. The van der Waals surface area contributed by atoms with Crippen molar-refractivity contribution in [2.24, 2.45) is 10.8 Å². The van der Waals surface area contributed by atoms with E-state index in [0.29, 0.717) is 11.1 Å². The fourth-order valence-electron chi connectivity index (χ4n) is 2.77. The number of nitrogens with one attached hydrogen (secondary N) is 1. The Morgan fingerprint density at radius 2 is 1.87 bits per heavy atom. The maximum absolute atomic E-state index is 14.8. The lowest BCUT2D eigenvalue weighted by Gasteiger charge is -2.23. The first-order valence-electron chi connectivity index (χ1n) is 8.89. The molecule has 0 aliphatic heterocycles. The molecule has 1 atom stereocenters. The Bertz CT molecular complexity index is 1100. The van der Waals surface area contributed by atoms with Gasteiger partial charge < -0.3 is 15.9 Å². The zero-order valence-corrected chi connectivity index (χ0v) is 16.4. The molecule has 0 fully saturated rings. The third-order valence-electron chi connectivity index (χ3n) is 4.43. The van der Waals surface area contributed by atoms with Crippen LogP contribution in [0.25, 0.3) is 0 Å². The van der Waals surface area contributed by atoms with Gasteiger partial charge in [-0.1, -0.05) is 24.3 Å². The number of hydrogen-bond donors (Lipinski definition) is 2. The number of rotatable bonds is 7. The Morgan fingerprint density at radius 3 is 2.42 bits per heavy atom. The number of ether oxygens (including phenoxy) is 1. The minimum atomic E-state index is -1.37. The van der Waals surface area contributed by atoms with Crippen LogP contribution in [0.5, 0.6) is 0 Å². The van der Waals surface area contributed by atoms with Crippen molar-refractivity contribution in [1.29, 1.82) is 10.5 Å². The minimum Gasteiger partial charge on any atom is -0.371 e. The summed E-state index contributed by atoms with van der Waals surface area (Å²) in [6, 6.07) is 13.2. The van der Waals surface area contributed by atoms with Crippen molar-refractivity contribution in [3.63, 3.8) is 0 Å². The van der Waals surface area contributed by atoms with Crippen LogP contribution in [0.1, 0.15) is 23.6 Å². The molecule has 2 rings (SSSR count). The average molecular weight is 425 g/mol. The number of hydrazone groups is 1. The van der Waals surface area contributed by atoms with Gasteiger partial charge in [0.25, 0.3) is 0 Å². The van der Waals surface area contributed by atoms with Crippen LogP contribution >= 0.6 is 0 Å². The molecule has 8 nitrogen and oxygen atoms in total. The van der Waals surface area contributed by atoms with Crippen LogP contribution in [0.2, 0.25) is 0 Å². The molecule has 0 saturated heterocycles. The van der Waals surface area contributed by atoms with E-state index in [1.807, 2.05) is 0 Å². The number of primary amides is 1. The topological polar surface area (TPSA) is 141 Å². The van der Waals surface area contributed by atoms with Gasteiger partial charge in [0.05, 0.1) is 6.07 Å². The number of halogens is 2. The normalized spacial score (nSPS) is 12.7. The molecule has 3 N–H and O–H groups in total. The molecule has 2 aromatic carbocycles. The fraction of sp³-hybridized carbons (Fsp3) is 0.190. The first-order chi connectivity index (χ1) is 14.7. The summed E-state index contributed by atoms with van der Waals surface area (Å²) >= 11 is 0. The van der Waals surface area contributed by atoms with Gasteiger partial charge in [0, 0.05) is 12.1 Å². The van der Waals surface area contributed by atoms with E-state index in [4.69, 9.17) is 5.26 Å². The van der Waals surface area contributed by atoms with Gasteiger partial charge in [0.1, 0.15) is 23.1 Å². The van der Waals surface area contributed by atoms with Crippen LogP contribution in [-0.2, 0) is 21.4 Å². The summed E-state index contributed by atoms with van der Waals surface area (Å²) in [4.78, 5) is 21.9. The lowest BCUT2D eigenvalue weighted by atomic mass is 9.77. The number of hydrogen-bond acceptors (Lipinski definition) is 7. The largest absolute Gasteiger partial charge is 0.412 e. The highest BCUT2D eigenvalue weighted by Gasteiger charge is 2.31. The van der Waals surface area contributed by atoms with Gasteiger partial charge in [-0.25, -0.2) is 18.4 Å². The van der Waals surface area contributed by atoms with Gasteiger partial charge in [-0.3, -0.25) is 0 Å². The van der Waals surface area contributed by atoms with Crippen molar-refractivity contribution in [2.75, 3.05) is 6.54 Å². The molecular formula is C21H17F2N5O3. The highest BCUT2D eigenvalue weighted by molar-refractivity contribution is 6.44. The molecule has 0 bridgehead atoms. The molecule has 0 spiro atoms. The van der Waals surface area contributed by atoms with Crippen molar-refractivity contribution in [3.05, 3.63) is 70.8 Å². The first kappa shape index (κ1) is 23.0. The highest BCUT2D eigenvalue weighted by atomic mass is 19.1. The van der Waals surface area contributed by atoms with Crippen molar-refractivity contribution in [3.8, 4) is 12.1 Å². The zero-order valence-electron chi connectivity index (χ0n) is 16.4. The summed E-state index contributed by atoms with van der Waals surface area (Å²) in [6.45, 7) is 1.67. The maximum atomic E-state index is 14.8. The van der Waals surface area contributed by atoms with Crippen LogP contribution in [0.4, 0.5) is 13.6 Å². The van der Waals surface area contributed by atoms with Crippen molar-refractivity contribution >= 4 is 17.8 Å². The Kier molecular flexibility index (Phi) is 7.37. The van der Waals surface area contributed by atoms with E-state index in [0.717, 1.165) is 0 Å². The molecule has 1 unspecified atom stereocenters. The molecule has 0 aliphatic carbocycles. The second kappa shape index (κ2) is 9.94. The van der Waals surface area contributed by atoms with Crippen LogP contribution in [0.15, 0.2) is 47.6 Å². The van der Waals surface area contributed by atoms with Gasteiger partial charge in [0.15, 0.2) is 0 Å². The smallest absolute Gasteiger partial charge is 0.371 e. The predicted octanol–water partition coefficient (Wildman–Crippen LogP) is 2.43. The number of benzene rings is 2. The SMILES string of the molecule is CC(C#N)(c1ccc(F)cc1)c1ccc(CCNN=C(C#N)C(=O)OC(N)=O)cc1F. The summed E-state index contributed by atoms with van der Waals surface area (Å²) in [5, 5.41) is 22.0. The van der Waals surface area contributed by atoms with Gasteiger partial charge in [-0.05, 0) is 42.7 Å². The quantitative estimate of drug-likeness (QED) is 0.229. The Labute approximate surface area is 176 Å². The van der Waals surface area contributed by atoms with Gasteiger partial charge in [0.2, 0.25) is 5.71 Å². The lowest BCUT2D eigenvalue weighted by molar-refractivity contribution is -0.129. The summed E-state index contributed by atoms with van der Waals surface area (Å²) in [7, 11) is 0. The van der Waals surface area contributed by atoms with Gasteiger partial charge in [-0.2, -0.15) is 15.6 Å². The van der Waals surface area contributed by atoms with Crippen molar-refractivity contribution in [2.45, 2.75) is 18.8 Å². The Morgan fingerprint density at radius 1 is 1.19 bits per heavy atom. The fourth-order valence-corrected chi connectivity index (χ4v) is 2.77. The second-order valence-electron chi connectivity index (χ2n) is 6.50. The number of nitrogens with two attached hydrogens (primary N) is 1. The Hall–Kier alpha value is -4.31. The standard InChI is InChI=1S/C21H17F2N5O3/c1-21(12-25,14-3-5-15(22)6-4-14)16-7-2-13(10-17(16)23)8-9-27-28-18(11-24)19(29)31-20(26)30/h2-7,10,27H,8-9H2,1H3,(H2,26,30). The maximum Gasteiger partial charge on any atom is 0.412 e. The summed E-state index contributed by atoms with van der Waals surface area (Å²) < 4.78 is 32.0. The average Bonchev–Trinajstić information content (AvgIpc) is 2.73. The predicted molar refractivity (Wildman–Crippen MR) is 105 cm³/mol. The molecule has 0 radical (unpaired) electrons. The summed E-state index contributed by atoms with van der Waals surface area (Å²) in [6.07, 6.45) is -1.10. The number of esters is 1.